The van der Waals surface area contributed by atoms with Crippen LogP contribution in [0, 0.1) is 10.1 Å². The molecule has 8 heteroatoms. The smallest absolute Gasteiger partial charge is 0.306 e. The van der Waals surface area contributed by atoms with Crippen LogP contribution in [0.1, 0.15) is 13.3 Å². The molecular weight excluding hydrogens is 288 g/mol. The normalized spacial score (nSPS) is 10.2. The molecule has 1 aromatic carbocycles. The lowest BCUT2D eigenvalue weighted by molar-refractivity contribution is -0.385. The van der Waals surface area contributed by atoms with Gasteiger partial charge < -0.3 is 10.1 Å². The van der Waals surface area contributed by atoms with Gasteiger partial charge >= 0.3 is 5.69 Å². The Labute approximate surface area is 126 Å². The number of nitrogens with zero attached hydrogens (tertiary/aromatic N) is 3. The molecule has 2 rings (SSSR count). The first-order valence-electron chi connectivity index (χ1n) is 6.78. The van der Waals surface area contributed by atoms with Gasteiger partial charge in [0.15, 0.2) is 0 Å². The van der Waals surface area contributed by atoms with Crippen LogP contribution in [-0.2, 0) is 11.3 Å². The van der Waals surface area contributed by atoms with Crippen molar-refractivity contribution in [3.8, 4) is 5.75 Å². The first kappa shape index (κ1) is 15.5. The average molecular weight is 304 g/mol. The molecular formula is C14H16N4O4. The molecule has 1 amide bonds. The van der Waals surface area contributed by atoms with E-state index in [1.807, 2.05) is 6.92 Å². The summed E-state index contributed by atoms with van der Waals surface area (Å²) in [4.78, 5) is 21.8. The zero-order valence-electron chi connectivity index (χ0n) is 12.1. The van der Waals surface area contributed by atoms with Crippen LogP contribution in [0.25, 0.3) is 0 Å². The maximum absolute atomic E-state index is 11.8. The van der Waals surface area contributed by atoms with Crippen molar-refractivity contribution in [3.63, 3.8) is 0 Å². The number of anilines is 1. The van der Waals surface area contributed by atoms with Gasteiger partial charge in [-0.05, 0) is 31.2 Å². The minimum absolute atomic E-state index is 0.0908. The van der Waals surface area contributed by atoms with Crippen LogP contribution >= 0.6 is 0 Å². The van der Waals surface area contributed by atoms with Gasteiger partial charge in [-0.25, -0.2) is 0 Å². The van der Waals surface area contributed by atoms with Crippen LogP contribution in [0.3, 0.4) is 0 Å². The summed E-state index contributed by atoms with van der Waals surface area (Å²) in [7, 11) is 0. The molecule has 0 fully saturated rings. The highest BCUT2D eigenvalue weighted by Gasteiger charge is 2.10. The van der Waals surface area contributed by atoms with Gasteiger partial charge in [0, 0.05) is 18.7 Å². The average Bonchev–Trinajstić information content (AvgIpc) is 2.97. The van der Waals surface area contributed by atoms with Crippen molar-refractivity contribution in [2.45, 2.75) is 19.9 Å². The largest absolute Gasteiger partial charge is 0.494 e. The summed E-state index contributed by atoms with van der Waals surface area (Å²) in [5.74, 6) is 0.548. The molecule has 0 unspecified atom stereocenters. The Morgan fingerprint density at radius 1 is 1.41 bits per heavy atom. The molecule has 22 heavy (non-hydrogen) atoms. The third-order valence-corrected chi connectivity index (χ3v) is 2.85. The molecule has 116 valence electrons. The van der Waals surface area contributed by atoms with Crippen LogP contribution in [0.15, 0.2) is 36.7 Å². The molecule has 0 aliphatic carbocycles. The minimum atomic E-state index is -0.524. The number of nitro groups is 1. The predicted molar refractivity (Wildman–Crippen MR) is 79.7 cm³/mol. The topological polar surface area (TPSA) is 99.3 Å². The lowest BCUT2D eigenvalue weighted by Crippen LogP contribution is -2.14. The van der Waals surface area contributed by atoms with Crippen LogP contribution in [0.5, 0.6) is 5.75 Å². The number of carbonyl (C=O) groups is 1. The highest BCUT2D eigenvalue weighted by molar-refractivity contribution is 5.90. The molecule has 0 aliphatic rings. The number of hydrogen-bond acceptors (Lipinski definition) is 5. The first-order valence-corrected chi connectivity index (χ1v) is 6.78. The van der Waals surface area contributed by atoms with Crippen molar-refractivity contribution >= 4 is 17.3 Å². The Hall–Kier alpha value is -2.90. The highest BCUT2D eigenvalue weighted by atomic mass is 16.6. The molecule has 0 aliphatic heterocycles. The van der Waals surface area contributed by atoms with E-state index in [4.69, 9.17) is 4.74 Å². The van der Waals surface area contributed by atoms with E-state index in [9.17, 15) is 14.9 Å². The van der Waals surface area contributed by atoms with Crippen LogP contribution < -0.4 is 10.1 Å². The number of aryl methyl sites for hydroxylation is 1. The summed E-state index contributed by atoms with van der Waals surface area (Å²) in [6.45, 7) is 2.76. The van der Waals surface area contributed by atoms with E-state index in [0.717, 1.165) is 11.9 Å². The molecule has 0 radical (unpaired) electrons. The summed E-state index contributed by atoms with van der Waals surface area (Å²) in [6.07, 6.45) is 2.63. The number of hydrogen-bond donors (Lipinski definition) is 1. The van der Waals surface area contributed by atoms with Crippen molar-refractivity contribution in [1.29, 1.82) is 0 Å². The molecule has 1 heterocycles. The van der Waals surface area contributed by atoms with E-state index >= 15 is 0 Å². The predicted octanol–water partition coefficient (Wildman–Crippen LogP) is 2.22. The molecule has 0 atom stereocenters. The minimum Gasteiger partial charge on any atom is -0.494 e. The van der Waals surface area contributed by atoms with Crippen molar-refractivity contribution in [2.24, 2.45) is 0 Å². The number of carbonyl (C=O) groups excluding carboxylic acids is 1. The van der Waals surface area contributed by atoms with Gasteiger partial charge in [0.25, 0.3) is 0 Å². The van der Waals surface area contributed by atoms with Crippen LogP contribution in [0.2, 0.25) is 0 Å². The van der Waals surface area contributed by atoms with Gasteiger partial charge in [0.05, 0.1) is 11.5 Å². The van der Waals surface area contributed by atoms with Crippen molar-refractivity contribution in [1.82, 2.24) is 9.78 Å². The highest BCUT2D eigenvalue weighted by Crippen LogP contribution is 2.16. The molecule has 0 saturated carbocycles. The quantitative estimate of drug-likeness (QED) is 0.624. The molecule has 1 N–H and O–H groups in total. The van der Waals surface area contributed by atoms with Crippen LogP contribution in [0.4, 0.5) is 11.4 Å². The lowest BCUT2D eigenvalue weighted by Gasteiger charge is -2.07. The molecule has 2 aromatic rings. The number of ether oxygens (including phenoxy) is 1. The standard InChI is InChI=1S/C14H16N4O4/c1-2-22-13-5-3-11(4-6-13)16-14(19)7-8-17-10-12(9-15-17)18(20)21/h3-6,9-10H,2,7-8H2,1H3,(H,16,19). The van der Waals surface area contributed by atoms with E-state index in [0.29, 0.717) is 12.3 Å². The van der Waals surface area contributed by atoms with E-state index in [1.54, 1.807) is 24.3 Å². The monoisotopic (exact) mass is 304 g/mol. The van der Waals surface area contributed by atoms with E-state index in [-0.39, 0.29) is 24.6 Å². The summed E-state index contributed by atoms with van der Waals surface area (Å²) < 4.78 is 6.68. The van der Waals surface area contributed by atoms with Gasteiger partial charge in [-0.1, -0.05) is 0 Å². The number of amides is 1. The Morgan fingerprint density at radius 2 is 2.14 bits per heavy atom. The number of aromatic nitrogens is 2. The number of nitrogens with one attached hydrogen (secondary N) is 1. The number of benzene rings is 1. The third kappa shape index (κ3) is 4.30. The second-order valence-corrected chi connectivity index (χ2v) is 4.47. The SMILES string of the molecule is CCOc1ccc(NC(=O)CCn2cc([N+](=O)[O-])cn2)cc1. The summed E-state index contributed by atoms with van der Waals surface area (Å²) in [5, 5.41) is 17.1. The van der Waals surface area contributed by atoms with E-state index < -0.39 is 4.92 Å². The fraction of sp³-hybridized carbons (Fsp3) is 0.286. The fourth-order valence-corrected chi connectivity index (χ4v) is 1.81. The zero-order chi connectivity index (χ0) is 15.9. The maximum atomic E-state index is 11.8. The van der Waals surface area contributed by atoms with Gasteiger partial charge in [-0.15, -0.1) is 0 Å². The number of rotatable bonds is 7. The second-order valence-electron chi connectivity index (χ2n) is 4.47. The Morgan fingerprint density at radius 3 is 2.73 bits per heavy atom. The molecule has 1 aromatic heterocycles. The van der Waals surface area contributed by atoms with E-state index in [1.165, 1.54) is 10.9 Å². The van der Waals surface area contributed by atoms with Gasteiger partial charge in [-0.3, -0.25) is 19.6 Å². The molecule has 0 spiro atoms. The van der Waals surface area contributed by atoms with Gasteiger partial charge in [0.1, 0.15) is 18.1 Å². The zero-order valence-corrected chi connectivity index (χ0v) is 12.1. The Bertz CT molecular complexity index is 651. The molecule has 8 nitrogen and oxygen atoms in total. The van der Waals surface area contributed by atoms with Gasteiger partial charge in [0.2, 0.25) is 5.91 Å². The van der Waals surface area contributed by atoms with Crippen molar-refractivity contribution in [2.75, 3.05) is 11.9 Å². The Kier molecular flexibility index (Phi) is 5.07. The maximum Gasteiger partial charge on any atom is 0.306 e. The third-order valence-electron chi connectivity index (χ3n) is 2.85. The summed E-state index contributed by atoms with van der Waals surface area (Å²) in [6, 6.07) is 7.05. The Balaban J connectivity index is 1.83. The van der Waals surface area contributed by atoms with Crippen molar-refractivity contribution in [3.05, 3.63) is 46.8 Å². The van der Waals surface area contributed by atoms with Gasteiger partial charge in [-0.2, -0.15) is 5.10 Å². The lowest BCUT2D eigenvalue weighted by atomic mass is 10.3. The molecule has 0 bridgehead atoms. The summed E-state index contributed by atoms with van der Waals surface area (Å²) in [5.41, 5.74) is 0.576. The summed E-state index contributed by atoms with van der Waals surface area (Å²) >= 11 is 0. The second kappa shape index (κ2) is 7.21. The molecule has 0 saturated heterocycles. The van der Waals surface area contributed by atoms with E-state index in [2.05, 4.69) is 10.4 Å². The first-order chi connectivity index (χ1) is 10.6. The fourth-order valence-electron chi connectivity index (χ4n) is 1.81. The van der Waals surface area contributed by atoms with Crippen LogP contribution in [-0.4, -0.2) is 27.2 Å². The van der Waals surface area contributed by atoms with Crippen molar-refractivity contribution < 1.29 is 14.5 Å².